The molecular weight excluding hydrogens is 170 g/mol. The van der Waals surface area contributed by atoms with Crippen LogP contribution in [-0.2, 0) is 16.0 Å². The second-order valence-electron chi connectivity index (χ2n) is 2.42. The van der Waals surface area contributed by atoms with Crippen molar-refractivity contribution in [2.45, 2.75) is 13.3 Å². The molecule has 0 bridgehead atoms. The van der Waals surface area contributed by atoms with E-state index in [4.69, 9.17) is 10.5 Å². The van der Waals surface area contributed by atoms with Crippen molar-refractivity contribution in [3.63, 3.8) is 0 Å². The fraction of sp³-hybridized carbons (Fsp3) is 0.375. The second-order valence-corrected chi connectivity index (χ2v) is 2.42. The summed E-state index contributed by atoms with van der Waals surface area (Å²) in [5.74, 6) is -0.0100. The molecule has 0 unspecified atom stereocenters. The third-order valence-corrected chi connectivity index (χ3v) is 1.33. The van der Waals surface area contributed by atoms with Gasteiger partial charge in [0.15, 0.2) is 0 Å². The van der Waals surface area contributed by atoms with Crippen LogP contribution in [0.3, 0.4) is 0 Å². The zero-order valence-electron chi connectivity index (χ0n) is 7.36. The number of hydrogen-bond acceptors (Lipinski definition) is 5. The molecule has 0 saturated heterocycles. The minimum absolute atomic E-state index is 0.117. The number of hydrogen-bond donors (Lipinski definition) is 1. The highest BCUT2D eigenvalue weighted by atomic mass is 16.5. The first-order valence-electron chi connectivity index (χ1n) is 3.94. The van der Waals surface area contributed by atoms with Gasteiger partial charge in [-0.25, -0.2) is 4.98 Å². The van der Waals surface area contributed by atoms with Crippen molar-refractivity contribution >= 4 is 11.8 Å². The number of ether oxygens (including phenoxy) is 1. The zero-order chi connectivity index (χ0) is 9.68. The summed E-state index contributed by atoms with van der Waals surface area (Å²) in [6.07, 6.45) is 3.04. The summed E-state index contributed by atoms with van der Waals surface area (Å²) in [5.41, 5.74) is 5.91. The Morgan fingerprint density at radius 1 is 1.62 bits per heavy atom. The monoisotopic (exact) mass is 181 g/mol. The molecule has 13 heavy (non-hydrogen) atoms. The molecule has 1 rings (SSSR count). The minimum Gasteiger partial charge on any atom is -0.466 e. The summed E-state index contributed by atoms with van der Waals surface area (Å²) in [4.78, 5) is 18.7. The maximum absolute atomic E-state index is 11.0. The summed E-state index contributed by atoms with van der Waals surface area (Å²) in [6, 6.07) is 0. The molecule has 70 valence electrons. The quantitative estimate of drug-likeness (QED) is 0.672. The lowest BCUT2D eigenvalue weighted by Crippen LogP contribution is -2.09. The van der Waals surface area contributed by atoms with Gasteiger partial charge in [-0.1, -0.05) is 0 Å². The normalized spacial score (nSPS) is 9.62. The van der Waals surface area contributed by atoms with Gasteiger partial charge in [0.25, 0.3) is 0 Å². The third-order valence-electron chi connectivity index (χ3n) is 1.33. The molecule has 0 radical (unpaired) electrons. The fourth-order valence-corrected chi connectivity index (χ4v) is 0.868. The molecule has 0 amide bonds. The van der Waals surface area contributed by atoms with Gasteiger partial charge >= 0.3 is 5.97 Å². The number of aromatic nitrogens is 2. The van der Waals surface area contributed by atoms with Gasteiger partial charge in [-0.2, -0.15) is 0 Å². The lowest BCUT2D eigenvalue weighted by atomic mass is 10.3. The number of nitrogens with zero attached hydrogens (tertiary/aromatic N) is 2. The van der Waals surface area contributed by atoms with Gasteiger partial charge in [0.2, 0.25) is 0 Å². The number of carbonyl (C=O) groups excluding carboxylic acids is 1. The Labute approximate surface area is 75.9 Å². The van der Waals surface area contributed by atoms with Gasteiger partial charge in [0.1, 0.15) is 5.82 Å². The van der Waals surface area contributed by atoms with Crippen LogP contribution in [0, 0.1) is 0 Å². The highest BCUT2D eigenvalue weighted by Crippen LogP contribution is 1.99. The molecule has 1 aromatic heterocycles. The van der Waals surface area contributed by atoms with Gasteiger partial charge < -0.3 is 10.5 Å². The van der Waals surface area contributed by atoms with E-state index < -0.39 is 0 Å². The maximum atomic E-state index is 11.0. The molecule has 1 aromatic rings. The van der Waals surface area contributed by atoms with Crippen molar-refractivity contribution in [2.24, 2.45) is 0 Å². The van der Waals surface area contributed by atoms with E-state index in [1.165, 1.54) is 12.4 Å². The average molecular weight is 181 g/mol. The first kappa shape index (κ1) is 9.44. The van der Waals surface area contributed by atoms with Crippen LogP contribution in [0.5, 0.6) is 0 Å². The van der Waals surface area contributed by atoms with Crippen LogP contribution in [0.15, 0.2) is 12.4 Å². The first-order valence-corrected chi connectivity index (χ1v) is 3.94. The van der Waals surface area contributed by atoms with Crippen molar-refractivity contribution in [3.05, 3.63) is 18.1 Å². The average Bonchev–Trinajstić information content (AvgIpc) is 2.04. The number of nitrogen functional groups attached to an aromatic ring is 1. The van der Waals surface area contributed by atoms with Gasteiger partial charge in [-0.05, 0) is 6.92 Å². The van der Waals surface area contributed by atoms with E-state index in [0.717, 1.165) is 0 Å². The van der Waals surface area contributed by atoms with Crippen LogP contribution in [0.4, 0.5) is 5.82 Å². The Kier molecular flexibility index (Phi) is 3.19. The van der Waals surface area contributed by atoms with E-state index >= 15 is 0 Å². The smallest absolute Gasteiger partial charge is 0.311 e. The van der Waals surface area contributed by atoms with Crippen molar-refractivity contribution in [2.75, 3.05) is 12.3 Å². The molecule has 1 heterocycles. The van der Waals surface area contributed by atoms with Crippen LogP contribution in [0.25, 0.3) is 0 Å². The van der Waals surface area contributed by atoms with E-state index in [9.17, 15) is 4.79 Å². The third kappa shape index (κ3) is 3.06. The van der Waals surface area contributed by atoms with E-state index in [2.05, 4.69) is 9.97 Å². The van der Waals surface area contributed by atoms with Crippen molar-refractivity contribution in [1.82, 2.24) is 9.97 Å². The lowest BCUT2D eigenvalue weighted by molar-refractivity contribution is -0.142. The molecular formula is C8H11N3O2. The summed E-state index contributed by atoms with van der Waals surface area (Å²) in [6.45, 7) is 2.12. The van der Waals surface area contributed by atoms with E-state index in [1.807, 2.05) is 0 Å². The number of rotatable bonds is 3. The molecule has 0 saturated carbocycles. The van der Waals surface area contributed by atoms with Gasteiger partial charge in [0, 0.05) is 6.20 Å². The van der Waals surface area contributed by atoms with Crippen LogP contribution in [0.2, 0.25) is 0 Å². The standard InChI is InChI=1S/C8H11N3O2/c1-2-13-8(12)3-6-4-10-5-7(9)11-6/h4-5H,2-3H2,1H3,(H2,9,11). The maximum Gasteiger partial charge on any atom is 0.311 e. The molecule has 0 aromatic carbocycles. The predicted octanol–water partition coefficient (Wildman–Crippen LogP) is 0.164. The summed E-state index contributed by atoms with van der Waals surface area (Å²) < 4.78 is 4.74. The summed E-state index contributed by atoms with van der Waals surface area (Å²) in [5, 5.41) is 0. The molecule has 5 nitrogen and oxygen atoms in total. The molecule has 5 heteroatoms. The molecule has 0 aliphatic rings. The highest BCUT2D eigenvalue weighted by Gasteiger charge is 2.05. The summed E-state index contributed by atoms with van der Waals surface area (Å²) >= 11 is 0. The first-order chi connectivity index (χ1) is 6.22. The highest BCUT2D eigenvalue weighted by molar-refractivity contribution is 5.71. The van der Waals surface area contributed by atoms with Crippen LogP contribution < -0.4 is 5.73 Å². The zero-order valence-corrected chi connectivity index (χ0v) is 7.36. The van der Waals surface area contributed by atoms with Crippen molar-refractivity contribution < 1.29 is 9.53 Å². The fourth-order valence-electron chi connectivity index (χ4n) is 0.868. The molecule has 0 aliphatic carbocycles. The van der Waals surface area contributed by atoms with E-state index in [-0.39, 0.29) is 12.4 Å². The van der Waals surface area contributed by atoms with Crippen LogP contribution in [0.1, 0.15) is 12.6 Å². The molecule has 0 spiro atoms. The van der Waals surface area contributed by atoms with Crippen molar-refractivity contribution in [3.8, 4) is 0 Å². The van der Waals surface area contributed by atoms with Crippen LogP contribution in [-0.4, -0.2) is 22.5 Å². The Bertz CT molecular complexity index is 301. The largest absolute Gasteiger partial charge is 0.466 e. The minimum atomic E-state index is -0.317. The van der Waals surface area contributed by atoms with Gasteiger partial charge in [0.05, 0.1) is 24.9 Å². The number of esters is 1. The number of anilines is 1. The topological polar surface area (TPSA) is 78.1 Å². The Hall–Kier alpha value is -1.65. The molecule has 0 atom stereocenters. The van der Waals surface area contributed by atoms with Crippen molar-refractivity contribution in [1.29, 1.82) is 0 Å². The Morgan fingerprint density at radius 3 is 3.00 bits per heavy atom. The summed E-state index contributed by atoms with van der Waals surface area (Å²) in [7, 11) is 0. The Balaban J connectivity index is 2.58. The predicted molar refractivity (Wildman–Crippen MR) is 46.8 cm³/mol. The SMILES string of the molecule is CCOC(=O)Cc1cncc(N)n1. The van der Waals surface area contributed by atoms with E-state index in [0.29, 0.717) is 18.1 Å². The van der Waals surface area contributed by atoms with Gasteiger partial charge in [-0.3, -0.25) is 9.78 Å². The molecule has 0 aliphatic heterocycles. The molecule has 2 N–H and O–H groups in total. The van der Waals surface area contributed by atoms with E-state index in [1.54, 1.807) is 6.92 Å². The molecule has 0 fully saturated rings. The van der Waals surface area contributed by atoms with Crippen LogP contribution >= 0.6 is 0 Å². The number of nitrogens with two attached hydrogens (primary N) is 1. The number of carbonyl (C=O) groups is 1. The second kappa shape index (κ2) is 4.39. The lowest BCUT2D eigenvalue weighted by Gasteiger charge is -2.00. The Morgan fingerprint density at radius 2 is 2.38 bits per heavy atom. The van der Waals surface area contributed by atoms with Gasteiger partial charge in [-0.15, -0.1) is 0 Å².